The summed E-state index contributed by atoms with van der Waals surface area (Å²) in [4.78, 5) is 0. The predicted molar refractivity (Wildman–Crippen MR) is 170 cm³/mol. The number of alkyl halides is 36. The van der Waals surface area contributed by atoms with Crippen molar-refractivity contribution in [3.05, 3.63) is 115 Å². The monoisotopic (exact) mass is 1170 g/mol. The Morgan fingerprint density at radius 3 is 0.338 bits per heavy atom. The Hall–Kier alpha value is -3.94. The first kappa shape index (κ1) is 64.3. The van der Waals surface area contributed by atoms with Gasteiger partial charge in [-0.05, 0) is 48.5 Å². The summed E-state index contributed by atoms with van der Waals surface area (Å²) >= 11 is 0. The van der Waals surface area contributed by atoms with Crippen LogP contribution in [0.15, 0.2) is 48.5 Å². The molecular weight excluding hydrogens is 1170 g/mol. The molecule has 0 saturated carbocycles. The Labute approximate surface area is 425 Å². The fourth-order valence-electron chi connectivity index (χ4n) is 7.88. The summed E-state index contributed by atoms with van der Waals surface area (Å²) in [5, 5.41) is 0. The molecule has 0 heterocycles. The van der Waals surface area contributed by atoms with Crippen molar-refractivity contribution in [2.75, 3.05) is 0 Å². The van der Waals surface area contributed by atoms with E-state index in [1.165, 1.54) is 0 Å². The van der Waals surface area contributed by atoms with Crippen LogP contribution in [0.3, 0.4) is 0 Å². The molecule has 0 aromatic heterocycles. The Bertz CT molecular complexity index is 2230. The molecule has 408 valence electrons. The van der Waals surface area contributed by atoms with Crippen LogP contribution < -0.4 is 73.2 Å². The van der Waals surface area contributed by atoms with Crippen LogP contribution in [0.5, 0.6) is 0 Å². The Morgan fingerprint density at radius 2 is 0.270 bits per heavy atom. The molecule has 4 aromatic carbocycles. The molecule has 0 bridgehead atoms. The van der Waals surface area contributed by atoms with E-state index >= 15 is 105 Å². The van der Waals surface area contributed by atoms with Crippen LogP contribution in [0.1, 0.15) is 66.8 Å². The number of rotatable bonds is 4. The van der Waals surface area contributed by atoms with Gasteiger partial charge in [0.2, 0.25) is 0 Å². The Morgan fingerprint density at radius 1 is 0.176 bits per heavy atom. The van der Waals surface area contributed by atoms with Crippen molar-refractivity contribution in [3.8, 4) is 0 Å². The first-order valence-electron chi connectivity index (χ1n) is 17.6. The van der Waals surface area contributed by atoms with Crippen molar-refractivity contribution in [3.63, 3.8) is 0 Å². The quantitative estimate of drug-likeness (QED) is 0.141. The maximum Gasteiger partial charge on any atom is 1.00 e. The van der Waals surface area contributed by atoms with E-state index in [4.69, 9.17) is 0 Å². The summed E-state index contributed by atoms with van der Waals surface area (Å²) in [6.45, 7) is 0. The van der Waals surface area contributed by atoms with Gasteiger partial charge >= 0.3 is 126 Å². The maximum atomic E-state index is 15.4. The number of hydrogen-bond donors (Lipinski definition) is 0. The van der Waals surface area contributed by atoms with Crippen LogP contribution in [0.2, 0.25) is 0 Å². The average molecular weight is 1170 g/mol. The first-order valence-corrected chi connectivity index (χ1v) is 17.6. The summed E-state index contributed by atoms with van der Waals surface area (Å²) in [7, 11) is 0. The molecule has 74 heavy (non-hydrogen) atoms. The molecule has 0 unspecified atom stereocenters. The minimum Gasteiger partial charge on any atom is -0.171 e. The molecule has 0 amide bonds. The third-order valence-electron chi connectivity index (χ3n) is 10.2. The first-order chi connectivity index (χ1) is 31.8. The molecule has 0 aliphatic rings. The molecule has 0 fully saturated rings. The minimum atomic E-state index is -9.45. The van der Waals surface area contributed by atoms with Crippen molar-refractivity contribution in [1.29, 1.82) is 0 Å². The zero-order valence-corrected chi connectivity index (χ0v) is 36.9. The molecule has 0 spiro atoms. The number of hydrogen-bond acceptors (Lipinski definition) is 0. The normalized spacial score (nSPS) is 14.6. The summed E-state index contributed by atoms with van der Waals surface area (Å²) in [6.07, 6.45) is -101. The van der Waals surface area contributed by atoms with Gasteiger partial charge in [-0.3, -0.25) is 0 Å². The van der Waals surface area contributed by atoms with Crippen molar-refractivity contribution in [2.45, 2.75) is 74.1 Å². The van der Waals surface area contributed by atoms with E-state index in [1.807, 2.05) is 0 Å². The molecule has 0 aliphatic carbocycles. The molecule has 38 heteroatoms. The van der Waals surface area contributed by atoms with Crippen molar-refractivity contribution < 1.29 is 209 Å². The van der Waals surface area contributed by atoms with E-state index in [1.54, 1.807) is 0 Å². The third-order valence-corrected chi connectivity index (χ3v) is 10.2. The average Bonchev–Trinajstić information content (AvgIpc) is 3.12. The van der Waals surface area contributed by atoms with Crippen LogP contribution in [0.25, 0.3) is 0 Å². The fraction of sp³-hybridized carbons (Fsp3) is 0.333. The van der Waals surface area contributed by atoms with Gasteiger partial charge in [0, 0.05) is 44.5 Å². The Kier molecular flexibility index (Phi) is 16.4. The molecule has 4 rings (SSSR count). The third kappa shape index (κ3) is 12.6. The van der Waals surface area contributed by atoms with Gasteiger partial charge in [0.25, 0.3) is 0 Å². The molecule has 0 nitrogen and oxygen atoms in total. The summed E-state index contributed by atoms with van der Waals surface area (Å²) in [6, 6.07) is -18.1. The van der Waals surface area contributed by atoms with Crippen LogP contribution in [0.4, 0.5) is 158 Å². The van der Waals surface area contributed by atoms with Gasteiger partial charge in [-0.25, -0.2) is 0 Å². The SMILES string of the molecule is FC(F)(F)c1cc(C(F)(F)F)c([B-](c2c(C(F)(F)F)cc(C(F)(F)F)cc2C(F)(F)F)(c2c(C(F)(F)F)cc(C(F)(F)F)cc2C(F)(F)F)c2c(C(F)(F)F)cc(C(F)(F)F)cc2C(F)(F)F)c(C(F)(F)F)c1.[K+]. The molecule has 0 atom stereocenters. The van der Waals surface area contributed by atoms with Crippen LogP contribution in [-0.4, -0.2) is 6.15 Å². The standard InChI is InChI=1S/C36H8BF36.K/c38-25(39,40)9-1-13(29(50,51)52)21(14(2-9)30(53,54)55)37(22-15(31(56,57)58)3-10(26(41,42)43)4-16(22)32(59,60)61,23-17(33(62,63)64)5-11(27(44,45)46)6-18(23)34(65,66)67)24-19(35(68,69)70)7-12(28(47,48)49)8-20(24)36(71,72)73;/h1-8H;/q-1;+1. The predicted octanol–water partition coefficient (Wildman–Crippen LogP) is 12.3. The summed E-state index contributed by atoms with van der Waals surface area (Å²) in [5.41, 5.74) is -74.1. The van der Waals surface area contributed by atoms with E-state index in [9.17, 15) is 52.7 Å². The molecule has 0 saturated heterocycles. The summed E-state index contributed by atoms with van der Waals surface area (Å²) < 4.78 is 540. The molecule has 0 aliphatic heterocycles. The van der Waals surface area contributed by atoms with Gasteiger partial charge in [0.15, 0.2) is 0 Å². The van der Waals surface area contributed by atoms with Gasteiger partial charge in [0.05, 0.1) is 22.3 Å². The van der Waals surface area contributed by atoms with Gasteiger partial charge in [0.1, 0.15) is 6.15 Å². The van der Waals surface area contributed by atoms with Gasteiger partial charge in [-0.15, -0.1) is 0 Å². The van der Waals surface area contributed by atoms with E-state index in [-0.39, 0.29) is 51.4 Å². The molecule has 0 radical (unpaired) electrons. The second kappa shape index (κ2) is 18.9. The molecule has 0 N–H and O–H groups in total. The zero-order chi connectivity index (χ0) is 57.4. The van der Waals surface area contributed by atoms with Gasteiger partial charge in [-0.1, -0.05) is 0 Å². The molecule has 4 aromatic rings. The fourth-order valence-corrected chi connectivity index (χ4v) is 7.88. The van der Waals surface area contributed by atoms with E-state index in [2.05, 4.69) is 0 Å². The maximum absolute atomic E-state index is 15.4. The van der Waals surface area contributed by atoms with E-state index < -0.39 is 217 Å². The largest absolute Gasteiger partial charge is 1.00 e. The molecular formula is C36H8BF36K. The zero-order valence-electron chi connectivity index (χ0n) is 33.8. The van der Waals surface area contributed by atoms with Crippen molar-refractivity contribution in [1.82, 2.24) is 0 Å². The Balaban J connectivity index is 0.0000144. The smallest absolute Gasteiger partial charge is 0.171 e. The minimum absolute atomic E-state index is 0. The number of benzene rings is 4. The van der Waals surface area contributed by atoms with Crippen LogP contribution in [0, 0.1) is 0 Å². The van der Waals surface area contributed by atoms with Crippen LogP contribution >= 0.6 is 0 Å². The topological polar surface area (TPSA) is 0 Å². The van der Waals surface area contributed by atoms with Crippen LogP contribution in [-0.2, 0) is 74.1 Å². The van der Waals surface area contributed by atoms with Gasteiger partial charge in [-0.2, -0.15) is 180 Å². The van der Waals surface area contributed by atoms with Crippen molar-refractivity contribution in [2.24, 2.45) is 0 Å². The number of halogens is 36. The van der Waals surface area contributed by atoms with E-state index in [0.29, 0.717) is 0 Å². The van der Waals surface area contributed by atoms with E-state index in [0.717, 1.165) is 0 Å². The van der Waals surface area contributed by atoms with Crippen molar-refractivity contribution >= 4 is 28.0 Å². The summed E-state index contributed by atoms with van der Waals surface area (Å²) in [5.74, 6) is 0. The second-order valence-electron chi connectivity index (χ2n) is 14.8. The van der Waals surface area contributed by atoms with Gasteiger partial charge < -0.3 is 0 Å². The second-order valence-corrected chi connectivity index (χ2v) is 14.8.